The van der Waals surface area contributed by atoms with Gasteiger partial charge in [0.15, 0.2) is 5.82 Å². The van der Waals surface area contributed by atoms with E-state index >= 15 is 0 Å². The summed E-state index contributed by atoms with van der Waals surface area (Å²) in [5, 5.41) is 9.48. The molecule has 34 heavy (non-hydrogen) atoms. The summed E-state index contributed by atoms with van der Waals surface area (Å²) in [6, 6.07) is 1.82. The van der Waals surface area contributed by atoms with Gasteiger partial charge in [-0.2, -0.15) is 10.1 Å². The van der Waals surface area contributed by atoms with Gasteiger partial charge >= 0.3 is 0 Å². The zero-order chi connectivity index (χ0) is 23.1. The molecule has 1 saturated heterocycles. The average Bonchev–Trinajstić information content (AvgIpc) is 3.19. The van der Waals surface area contributed by atoms with Crippen molar-refractivity contribution in [3.8, 4) is 17.3 Å². The van der Waals surface area contributed by atoms with Gasteiger partial charge in [0, 0.05) is 42.7 Å². The Kier molecular flexibility index (Phi) is 5.68. The van der Waals surface area contributed by atoms with Crippen LogP contribution < -0.4 is 10.1 Å². The molecule has 2 amide bonds. The molecule has 2 saturated carbocycles. The Morgan fingerprint density at radius 3 is 2.62 bits per heavy atom. The predicted octanol–water partition coefficient (Wildman–Crippen LogP) is 3.31. The molecule has 3 fully saturated rings. The Hall–Kier alpha value is -3.01. The molecule has 0 unspecified atom stereocenters. The van der Waals surface area contributed by atoms with Crippen LogP contribution in [0.1, 0.15) is 61.9 Å². The van der Waals surface area contributed by atoms with Crippen LogP contribution in [0.5, 0.6) is 5.88 Å². The van der Waals surface area contributed by atoms with Gasteiger partial charge in [-0.3, -0.25) is 9.59 Å². The van der Waals surface area contributed by atoms with E-state index in [-0.39, 0.29) is 29.9 Å². The van der Waals surface area contributed by atoms with Crippen LogP contribution in [0.4, 0.5) is 0 Å². The number of nitrogens with one attached hydrogen (secondary N) is 1. The number of piperidine rings is 1. The lowest BCUT2D eigenvalue weighted by molar-refractivity contribution is -0.123. The largest absolute Gasteiger partial charge is 0.474 e. The lowest BCUT2D eigenvalue weighted by Gasteiger charge is -2.32. The molecule has 1 aliphatic heterocycles. The Bertz CT molecular complexity index is 1200. The number of ether oxygens (including phenoxy) is 1. The van der Waals surface area contributed by atoms with Crippen molar-refractivity contribution in [2.24, 2.45) is 5.92 Å². The lowest BCUT2D eigenvalue weighted by Crippen LogP contribution is -2.47. The second kappa shape index (κ2) is 8.98. The van der Waals surface area contributed by atoms with Gasteiger partial charge in [-0.25, -0.2) is 9.50 Å². The highest BCUT2D eigenvalue weighted by Crippen LogP contribution is 2.30. The molecule has 0 spiro atoms. The van der Waals surface area contributed by atoms with E-state index in [1.807, 2.05) is 16.5 Å². The van der Waals surface area contributed by atoms with Crippen molar-refractivity contribution in [2.45, 2.75) is 63.5 Å². The summed E-state index contributed by atoms with van der Waals surface area (Å²) >= 11 is 1.56. The maximum Gasteiger partial charge on any atom is 0.272 e. The number of aromatic nitrogens is 4. The molecule has 3 aromatic rings. The number of carbonyl (C=O) groups excluding carboxylic acids is 2. The molecule has 4 heterocycles. The van der Waals surface area contributed by atoms with Crippen molar-refractivity contribution in [2.75, 3.05) is 13.1 Å². The Morgan fingerprint density at radius 1 is 1.06 bits per heavy atom. The molecule has 3 aliphatic rings. The second-order valence-electron chi connectivity index (χ2n) is 9.50. The lowest BCUT2D eigenvalue weighted by atomic mass is 10.0. The molecule has 6 rings (SSSR count). The standard InChI is InChI=1S/C24H28N6O3S/c31-22(15-5-6-15)26-16-7-9-29(10-8-16)23(32)19-13-20(33-17-3-1-2-4-17)28-21(27-19)18-14-25-30-11-12-34-24(18)30/h11-17H,1-10H2,(H,26,31). The van der Waals surface area contributed by atoms with Gasteiger partial charge < -0.3 is 15.0 Å². The first-order valence-corrected chi connectivity index (χ1v) is 13.1. The summed E-state index contributed by atoms with van der Waals surface area (Å²) in [6.45, 7) is 1.19. The highest BCUT2D eigenvalue weighted by atomic mass is 32.1. The highest BCUT2D eigenvalue weighted by Gasteiger charge is 2.33. The quantitative estimate of drug-likeness (QED) is 0.581. The van der Waals surface area contributed by atoms with E-state index in [1.165, 1.54) is 0 Å². The van der Waals surface area contributed by atoms with Crippen molar-refractivity contribution in [3.63, 3.8) is 0 Å². The molecule has 9 nitrogen and oxygen atoms in total. The van der Waals surface area contributed by atoms with E-state index < -0.39 is 0 Å². The smallest absolute Gasteiger partial charge is 0.272 e. The monoisotopic (exact) mass is 480 g/mol. The molecule has 3 aromatic heterocycles. The molecule has 0 atom stereocenters. The highest BCUT2D eigenvalue weighted by molar-refractivity contribution is 7.16. The number of amides is 2. The predicted molar refractivity (Wildman–Crippen MR) is 127 cm³/mol. The van der Waals surface area contributed by atoms with Crippen molar-refractivity contribution in [1.82, 2.24) is 29.8 Å². The van der Waals surface area contributed by atoms with E-state index in [1.54, 1.807) is 28.1 Å². The SMILES string of the molecule is O=C(NC1CCN(C(=O)c2cc(OC3CCCC3)nc(-c3cnn4ccsc34)n2)CC1)C1CC1. The van der Waals surface area contributed by atoms with E-state index in [9.17, 15) is 9.59 Å². The van der Waals surface area contributed by atoms with Gasteiger partial charge in [-0.1, -0.05) is 0 Å². The summed E-state index contributed by atoms with van der Waals surface area (Å²) in [4.78, 5) is 37.6. The van der Waals surface area contributed by atoms with Gasteiger partial charge in [-0.15, -0.1) is 11.3 Å². The minimum Gasteiger partial charge on any atom is -0.474 e. The van der Waals surface area contributed by atoms with Gasteiger partial charge in [0.2, 0.25) is 11.8 Å². The third-order valence-corrected chi connectivity index (χ3v) is 7.85. The molecule has 1 N–H and O–H groups in total. The molecule has 0 aromatic carbocycles. The summed E-state index contributed by atoms with van der Waals surface area (Å²) in [5.74, 6) is 1.16. The van der Waals surface area contributed by atoms with Gasteiger partial charge in [0.25, 0.3) is 5.91 Å². The number of fused-ring (bicyclic) bond motifs is 1. The second-order valence-corrected chi connectivity index (χ2v) is 10.4. The number of nitrogens with zero attached hydrogens (tertiary/aromatic N) is 5. The van der Waals surface area contributed by atoms with E-state index in [0.717, 1.165) is 61.8 Å². The minimum absolute atomic E-state index is 0.124. The Balaban J connectivity index is 1.23. The fraction of sp³-hybridized carbons (Fsp3) is 0.542. The molecule has 2 aliphatic carbocycles. The number of hydrogen-bond acceptors (Lipinski definition) is 7. The van der Waals surface area contributed by atoms with Crippen LogP contribution in [0.3, 0.4) is 0 Å². The van der Waals surface area contributed by atoms with Crippen molar-refractivity contribution >= 4 is 28.0 Å². The Labute approximate surface area is 201 Å². The number of thiazole rings is 1. The zero-order valence-corrected chi connectivity index (χ0v) is 19.8. The molecular weight excluding hydrogens is 452 g/mol. The maximum absolute atomic E-state index is 13.4. The van der Waals surface area contributed by atoms with Crippen molar-refractivity contribution in [3.05, 3.63) is 29.5 Å². The van der Waals surface area contributed by atoms with Crippen LogP contribution in [0, 0.1) is 5.92 Å². The molecule has 0 radical (unpaired) electrons. The van der Waals surface area contributed by atoms with Crippen LogP contribution in [0.15, 0.2) is 23.8 Å². The van der Waals surface area contributed by atoms with Crippen LogP contribution in [0.25, 0.3) is 16.2 Å². The minimum atomic E-state index is -0.124. The van der Waals surface area contributed by atoms with Gasteiger partial charge in [0.1, 0.15) is 16.6 Å². The van der Waals surface area contributed by atoms with E-state index in [4.69, 9.17) is 4.74 Å². The fourth-order valence-electron chi connectivity index (χ4n) is 4.83. The third kappa shape index (κ3) is 4.38. The number of likely N-dealkylation sites (tertiary alicyclic amines) is 1. The number of hydrogen-bond donors (Lipinski definition) is 1. The molecular formula is C24H28N6O3S. The summed E-state index contributed by atoms with van der Waals surface area (Å²) in [5.41, 5.74) is 1.14. The van der Waals surface area contributed by atoms with Crippen LogP contribution in [-0.2, 0) is 4.79 Å². The van der Waals surface area contributed by atoms with Crippen molar-refractivity contribution in [1.29, 1.82) is 0 Å². The van der Waals surface area contributed by atoms with E-state index in [0.29, 0.717) is 30.5 Å². The third-order valence-electron chi connectivity index (χ3n) is 6.96. The summed E-state index contributed by atoms with van der Waals surface area (Å²) in [7, 11) is 0. The molecule has 0 bridgehead atoms. The van der Waals surface area contributed by atoms with Crippen LogP contribution >= 0.6 is 11.3 Å². The van der Waals surface area contributed by atoms with Gasteiger partial charge in [0.05, 0.1) is 11.8 Å². The number of carbonyl (C=O) groups is 2. The first kappa shape index (κ1) is 21.5. The summed E-state index contributed by atoms with van der Waals surface area (Å²) in [6.07, 6.45) is 11.6. The van der Waals surface area contributed by atoms with Crippen LogP contribution in [-0.4, -0.2) is 61.5 Å². The first-order valence-electron chi connectivity index (χ1n) is 12.2. The molecule has 178 valence electrons. The zero-order valence-electron chi connectivity index (χ0n) is 19.0. The maximum atomic E-state index is 13.4. The van der Waals surface area contributed by atoms with Crippen molar-refractivity contribution < 1.29 is 14.3 Å². The van der Waals surface area contributed by atoms with E-state index in [2.05, 4.69) is 20.4 Å². The fourth-order valence-corrected chi connectivity index (χ4v) is 5.62. The van der Waals surface area contributed by atoms with Crippen LogP contribution in [0.2, 0.25) is 0 Å². The topological polar surface area (TPSA) is 102 Å². The first-order chi connectivity index (χ1) is 16.6. The molecule has 10 heteroatoms. The normalized spacial score (nSPS) is 19.6. The van der Waals surface area contributed by atoms with Gasteiger partial charge in [-0.05, 0) is 51.4 Å². The summed E-state index contributed by atoms with van der Waals surface area (Å²) < 4.78 is 7.97. The number of rotatable bonds is 6. The Morgan fingerprint density at radius 2 is 1.85 bits per heavy atom. The average molecular weight is 481 g/mol.